The van der Waals surface area contributed by atoms with Crippen LogP contribution in [0.25, 0.3) is 0 Å². The van der Waals surface area contributed by atoms with Gasteiger partial charge in [-0.15, -0.1) is 0 Å². The zero-order valence-electron chi connectivity index (χ0n) is 21.1. The Morgan fingerprint density at radius 1 is 1.06 bits per heavy atom. The molecule has 0 aliphatic rings. The van der Waals surface area contributed by atoms with Crippen molar-refractivity contribution in [1.29, 1.82) is 0 Å². The average Bonchev–Trinajstić information content (AvgIpc) is 2.80. The standard InChI is InChI=1S/C26H36FN3O4S/c1-6-20(3)28-26(32)21(4)29(18-22-13-8-9-14-23(22)27)25(31)16-11-17-30(35(5,33)34)24-15-10-7-12-19(24)2/h7-10,12-15,20-21H,6,11,16-18H2,1-5H3,(H,28,32)/t20-,21+/m1/s1. The zero-order chi connectivity index (χ0) is 26.2. The number of nitrogens with one attached hydrogen (secondary N) is 1. The van der Waals surface area contributed by atoms with Gasteiger partial charge in [-0.05, 0) is 51.3 Å². The molecular weight excluding hydrogens is 469 g/mol. The van der Waals surface area contributed by atoms with Gasteiger partial charge in [0.25, 0.3) is 0 Å². The van der Waals surface area contributed by atoms with Crippen molar-refractivity contribution in [1.82, 2.24) is 10.2 Å². The first-order valence-corrected chi connectivity index (χ1v) is 13.7. The molecule has 0 aliphatic carbocycles. The van der Waals surface area contributed by atoms with Crippen LogP contribution >= 0.6 is 0 Å². The topological polar surface area (TPSA) is 86.8 Å². The normalized spacial score (nSPS) is 13.1. The molecule has 0 aromatic heterocycles. The van der Waals surface area contributed by atoms with Crippen LogP contribution in [-0.2, 0) is 26.2 Å². The number of aryl methyl sites for hydroxylation is 1. The minimum atomic E-state index is -3.56. The SMILES string of the molecule is CC[C@@H](C)NC(=O)[C@H](C)N(Cc1ccccc1F)C(=O)CCCN(c1ccccc1C)S(C)(=O)=O. The van der Waals surface area contributed by atoms with E-state index in [4.69, 9.17) is 0 Å². The number of halogens is 1. The monoisotopic (exact) mass is 505 g/mol. The predicted molar refractivity (Wildman–Crippen MR) is 137 cm³/mol. The highest BCUT2D eigenvalue weighted by Gasteiger charge is 2.28. The second-order valence-corrected chi connectivity index (χ2v) is 10.7. The molecule has 0 saturated heterocycles. The number of sulfonamides is 1. The number of carbonyl (C=O) groups excluding carboxylic acids is 2. The van der Waals surface area contributed by atoms with Crippen molar-refractivity contribution in [3.8, 4) is 0 Å². The van der Waals surface area contributed by atoms with Crippen LogP contribution in [0.15, 0.2) is 48.5 Å². The summed E-state index contributed by atoms with van der Waals surface area (Å²) in [4.78, 5) is 27.4. The molecule has 0 heterocycles. The molecule has 0 bridgehead atoms. The second kappa shape index (κ2) is 12.7. The molecule has 0 aliphatic heterocycles. The molecule has 2 aromatic rings. The lowest BCUT2D eigenvalue weighted by atomic mass is 10.1. The average molecular weight is 506 g/mol. The lowest BCUT2D eigenvalue weighted by Crippen LogP contribution is -2.49. The van der Waals surface area contributed by atoms with E-state index in [1.807, 2.05) is 32.9 Å². The van der Waals surface area contributed by atoms with Gasteiger partial charge in [-0.3, -0.25) is 13.9 Å². The van der Waals surface area contributed by atoms with Crippen molar-refractivity contribution in [3.05, 3.63) is 65.5 Å². The molecule has 2 amide bonds. The highest BCUT2D eigenvalue weighted by Crippen LogP contribution is 2.23. The maximum absolute atomic E-state index is 14.3. The first kappa shape index (κ1) is 28.3. The summed E-state index contributed by atoms with van der Waals surface area (Å²) in [5, 5.41) is 2.87. The Kier molecular flexibility index (Phi) is 10.2. The van der Waals surface area contributed by atoms with Crippen LogP contribution in [0, 0.1) is 12.7 Å². The van der Waals surface area contributed by atoms with Crippen LogP contribution in [0.2, 0.25) is 0 Å². The van der Waals surface area contributed by atoms with Crippen molar-refractivity contribution >= 4 is 27.5 Å². The maximum Gasteiger partial charge on any atom is 0.242 e. The third-order valence-electron chi connectivity index (χ3n) is 6.00. The summed E-state index contributed by atoms with van der Waals surface area (Å²) in [7, 11) is -3.56. The largest absolute Gasteiger partial charge is 0.352 e. The smallest absolute Gasteiger partial charge is 0.242 e. The Hall–Kier alpha value is -2.94. The van der Waals surface area contributed by atoms with Gasteiger partial charge in [0.05, 0.1) is 11.9 Å². The number of rotatable bonds is 12. The molecule has 7 nitrogen and oxygen atoms in total. The van der Waals surface area contributed by atoms with Crippen LogP contribution in [0.5, 0.6) is 0 Å². The summed E-state index contributed by atoms with van der Waals surface area (Å²) in [5.74, 6) is -1.12. The molecule has 9 heteroatoms. The van der Waals surface area contributed by atoms with E-state index < -0.39 is 21.9 Å². The Balaban J connectivity index is 2.20. The third-order valence-corrected chi connectivity index (χ3v) is 7.18. The molecule has 2 aromatic carbocycles. The molecule has 2 rings (SSSR count). The van der Waals surface area contributed by atoms with Gasteiger partial charge in [-0.2, -0.15) is 0 Å². The number of anilines is 1. The number of hydrogen-bond acceptors (Lipinski definition) is 4. The maximum atomic E-state index is 14.3. The van der Waals surface area contributed by atoms with Crippen LogP contribution in [0.1, 0.15) is 51.2 Å². The van der Waals surface area contributed by atoms with E-state index in [2.05, 4.69) is 5.32 Å². The zero-order valence-corrected chi connectivity index (χ0v) is 21.9. The summed E-state index contributed by atoms with van der Waals surface area (Å²) in [6.07, 6.45) is 2.12. The van der Waals surface area contributed by atoms with Crippen molar-refractivity contribution in [2.45, 2.75) is 65.6 Å². The van der Waals surface area contributed by atoms with Gasteiger partial charge in [0.2, 0.25) is 21.8 Å². The Bertz CT molecular complexity index is 1120. The molecule has 0 fully saturated rings. The quantitative estimate of drug-likeness (QED) is 0.472. The number of benzene rings is 2. The number of para-hydroxylation sites is 1. The number of amides is 2. The van der Waals surface area contributed by atoms with E-state index in [-0.39, 0.29) is 43.8 Å². The van der Waals surface area contributed by atoms with Gasteiger partial charge >= 0.3 is 0 Å². The summed E-state index contributed by atoms with van der Waals surface area (Å²) >= 11 is 0. The summed E-state index contributed by atoms with van der Waals surface area (Å²) < 4.78 is 40.5. The van der Waals surface area contributed by atoms with Crippen molar-refractivity contribution < 1.29 is 22.4 Å². The minimum absolute atomic E-state index is 0.00725. The fraction of sp³-hybridized carbons (Fsp3) is 0.462. The Labute approximate surface area is 208 Å². The van der Waals surface area contributed by atoms with Gasteiger partial charge in [-0.25, -0.2) is 12.8 Å². The van der Waals surface area contributed by atoms with Crippen molar-refractivity contribution in [2.24, 2.45) is 0 Å². The third kappa shape index (κ3) is 8.06. The Morgan fingerprint density at radius 2 is 1.69 bits per heavy atom. The minimum Gasteiger partial charge on any atom is -0.352 e. The van der Waals surface area contributed by atoms with Crippen LogP contribution < -0.4 is 9.62 Å². The molecule has 0 saturated carbocycles. The lowest BCUT2D eigenvalue weighted by molar-refractivity contribution is -0.141. The van der Waals surface area contributed by atoms with Gasteiger partial charge in [-0.1, -0.05) is 43.3 Å². The molecule has 192 valence electrons. The van der Waals surface area contributed by atoms with E-state index in [9.17, 15) is 22.4 Å². The van der Waals surface area contributed by atoms with Crippen LogP contribution in [0.4, 0.5) is 10.1 Å². The Morgan fingerprint density at radius 3 is 2.29 bits per heavy atom. The van der Waals surface area contributed by atoms with E-state index in [0.29, 0.717) is 11.3 Å². The highest BCUT2D eigenvalue weighted by molar-refractivity contribution is 7.92. The first-order valence-electron chi connectivity index (χ1n) is 11.8. The summed E-state index contributed by atoms with van der Waals surface area (Å²) in [5.41, 5.74) is 1.68. The second-order valence-electron chi connectivity index (χ2n) is 8.83. The van der Waals surface area contributed by atoms with E-state index >= 15 is 0 Å². The molecule has 35 heavy (non-hydrogen) atoms. The van der Waals surface area contributed by atoms with Gasteiger partial charge < -0.3 is 10.2 Å². The molecule has 0 spiro atoms. The molecule has 1 N–H and O–H groups in total. The first-order chi connectivity index (χ1) is 16.5. The van der Waals surface area contributed by atoms with Gasteiger partial charge in [0, 0.05) is 31.1 Å². The summed E-state index contributed by atoms with van der Waals surface area (Å²) in [6.45, 7) is 7.31. The van der Waals surface area contributed by atoms with Crippen molar-refractivity contribution in [2.75, 3.05) is 17.1 Å². The molecule has 2 atom stereocenters. The lowest BCUT2D eigenvalue weighted by Gasteiger charge is -2.30. The van der Waals surface area contributed by atoms with Crippen molar-refractivity contribution in [3.63, 3.8) is 0 Å². The highest BCUT2D eigenvalue weighted by atomic mass is 32.2. The van der Waals surface area contributed by atoms with E-state index in [0.717, 1.165) is 18.2 Å². The fourth-order valence-electron chi connectivity index (χ4n) is 3.68. The van der Waals surface area contributed by atoms with Crippen LogP contribution in [-0.4, -0.2) is 50.0 Å². The van der Waals surface area contributed by atoms with Gasteiger partial charge in [0.15, 0.2) is 0 Å². The van der Waals surface area contributed by atoms with Crippen LogP contribution in [0.3, 0.4) is 0 Å². The molecule has 0 unspecified atom stereocenters. The summed E-state index contributed by atoms with van der Waals surface area (Å²) in [6, 6.07) is 12.4. The number of hydrogen-bond donors (Lipinski definition) is 1. The number of carbonyl (C=O) groups is 2. The van der Waals surface area contributed by atoms with Gasteiger partial charge in [0.1, 0.15) is 11.9 Å². The fourth-order valence-corrected chi connectivity index (χ4v) is 4.71. The predicted octanol–water partition coefficient (Wildman–Crippen LogP) is 4.01. The number of nitrogens with zero attached hydrogens (tertiary/aromatic N) is 2. The molecular formula is C26H36FN3O4S. The molecule has 0 radical (unpaired) electrons. The van der Waals surface area contributed by atoms with E-state index in [1.165, 1.54) is 15.3 Å². The van der Waals surface area contributed by atoms with E-state index in [1.54, 1.807) is 37.3 Å².